The topological polar surface area (TPSA) is 110 Å². The Hall–Kier alpha value is -1.59. The van der Waals surface area contributed by atoms with Crippen molar-refractivity contribution in [1.29, 1.82) is 0 Å². The Balaban J connectivity index is 3.26. The summed E-state index contributed by atoms with van der Waals surface area (Å²) in [5.41, 5.74) is 9.74. The van der Waals surface area contributed by atoms with Crippen molar-refractivity contribution in [3.8, 4) is 0 Å². The van der Waals surface area contributed by atoms with Crippen LogP contribution in [0.15, 0.2) is 24.3 Å². The minimum Gasteiger partial charge on any atom is -0.480 e. The van der Waals surface area contributed by atoms with E-state index in [1.54, 1.807) is 12.1 Å². The minimum absolute atomic E-state index is 0.218. The van der Waals surface area contributed by atoms with Crippen LogP contribution >= 0.6 is 0 Å². The molecule has 0 aliphatic carbocycles. The summed E-state index contributed by atoms with van der Waals surface area (Å²) in [6.45, 7) is -0.698. The lowest BCUT2D eigenvalue weighted by atomic mass is 9.91. The predicted octanol–water partition coefficient (Wildman–Crippen LogP) is -0.500. The zero-order valence-electron chi connectivity index (χ0n) is 7.47. The van der Waals surface area contributed by atoms with Gasteiger partial charge in [0.05, 0.1) is 6.61 Å². The van der Waals surface area contributed by atoms with Gasteiger partial charge in [-0.25, -0.2) is 4.79 Å². The third kappa shape index (κ3) is 1.55. The summed E-state index contributed by atoms with van der Waals surface area (Å²) in [4.78, 5) is 10.9. The number of aliphatic hydroxyl groups is 1. The van der Waals surface area contributed by atoms with Crippen molar-refractivity contribution < 1.29 is 15.0 Å². The number of carbonyl (C=O) groups is 1. The molecule has 0 aliphatic heterocycles. The van der Waals surface area contributed by atoms with Crippen molar-refractivity contribution in [2.75, 3.05) is 12.3 Å². The first kappa shape index (κ1) is 10.5. The fourth-order valence-corrected chi connectivity index (χ4v) is 1.17. The normalized spacial score (nSPS) is 14.7. The molecule has 0 spiro atoms. The van der Waals surface area contributed by atoms with E-state index < -0.39 is 18.1 Å². The van der Waals surface area contributed by atoms with Crippen LogP contribution in [0.2, 0.25) is 0 Å². The van der Waals surface area contributed by atoms with E-state index in [1.165, 1.54) is 12.1 Å². The fourth-order valence-electron chi connectivity index (χ4n) is 1.17. The number of benzene rings is 1. The molecule has 0 fully saturated rings. The number of rotatable bonds is 3. The molecule has 0 saturated heterocycles. The van der Waals surface area contributed by atoms with E-state index >= 15 is 0 Å². The predicted molar refractivity (Wildman–Crippen MR) is 51.4 cm³/mol. The van der Waals surface area contributed by atoms with Gasteiger partial charge in [-0.15, -0.1) is 0 Å². The van der Waals surface area contributed by atoms with Crippen LogP contribution in [-0.4, -0.2) is 22.8 Å². The Morgan fingerprint density at radius 2 is 2.00 bits per heavy atom. The smallest absolute Gasteiger partial charge is 0.330 e. The van der Waals surface area contributed by atoms with Crippen LogP contribution in [0.4, 0.5) is 5.69 Å². The number of hydrogen-bond donors (Lipinski definition) is 4. The van der Waals surface area contributed by atoms with E-state index in [9.17, 15) is 4.79 Å². The second kappa shape index (κ2) is 3.65. The van der Waals surface area contributed by atoms with Crippen LogP contribution in [0.5, 0.6) is 0 Å². The van der Waals surface area contributed by atoms with Crippen LogP contribution in [0.1, 0.15) is 5.56 Å². The number of anilines is 1. The fraction of sp³-hybridized carbons (Fsp3) is 0.222. The van der Waals surface area contributed by atoms with E-state index in [-0.39, 0.29) is 11.3 Å². The molecule has 0 amide bonds. The van der Waals surface area contributed by atoms with Gasteiger partial charge in [-0.3, -0.25) is 0 Å². The molecule has 14 heavy (non-hydrogen) atoms. The molecule has 1 unspecified atom stereocenters. The molecule has 0 bridgehead atoms. The van der Waals surface area contributed by atoms with Crippen LogP contribution in [0.25, 0.3) is 0 Å². The van der Waals surface area contributed by atoms with Gasteiger partial charge in [0.1, 0.15) is 0 Å². The molecule has 1 atom stereocenters. The van der Waals surface area contributed by atoms with Crippen LogP contribution in [0, 0.1) is 0 Å². The molecular formula is C9H12N2O3. The zero-order valence-corrected chi connectivity index (χ0v) is 7.47. The highest BCUT2D eigenvalue weighted by Gasteiger charge is 2.36. The molecule has 0 aromatic heterocycles. The van der Waals surface area contributed by atoms with Crippen molar-refractivity contribution in [1.82, 2.24) is 0 Å². The van der Waals surface area contributed by atoms with Crippen molar-refractivity contribution in [3.63, 3.8) is 0 Å². The summed E-state index contributed by atoms with van der Waals surface area (Å²) >= 11 is 0. The number of aliphatic carboxylic acids is 1. The third-order valence-corrected chi connectivity index (χ3v) is 2.07. The van der Waals surface area contributed by atoms with Gasteiger partial charge < -0.3 is 21.7 Å². The second-order valence-electron chi connectivity index (χ2n) is 3.02. The highest BCUT2D eigenvalue weighted by atomic mass is 16.4. The first-order chi connectivity index (χ1) is 6.52. The Kier molecular flexibility index (Phi) is 2.73. The monoisotopic (exact) mass is 196 g/mol. The summed E-state index contributed by atoms with van der Waals surface area (Å²) in [6, 6.07) is 6.31. The molecule has 0 heterocycles. The molecule has 1 rings (SSSR count). The van der Waals surface area contributed by atoms with Gasteiger partial charge in [-0.1, -0.05) is 18.2 Å². The summed E-state index contributed by atoms with van der Waals surface area (Å²) in [5, 5.41) is 17.8. The molecule has 5 heteroatoms. The van der Waals surface area contributed by atoms with Crippen LogP contribution in [-0.2, 0) is 10.3 Å². The van der Waals surface area contributed by atoms with Crippen LogP contribution < -0.4 is 11.5 Å². The highest BCUT2D eigenvalue weighted by Crippen LogP contribution is 2.23. The Morgan fingerprint density at radius 3 is 2.43 bits per heavy atom. The quantitative estimate of drug-likeness (QED) is 0.487. The Morgan fingerprint density at radius 1 is 1.43 bits per heavy atom. The van der Waals surface area contributed by atoms with Gasteiger partial charge in [0, 0.05) is 11.3 Å². The lowest BCUT2D eigenvalue weighted by Gasteiger charge is -2.23. The van der Waals surface area contributed by atoms with Crippen molar-refractivity contribution in [2.24, 2.45) is 5.73 Å². The van der Waals surface area contributed by atoms with Gasteiger partial charge >= 0.3 is 5.97 Å². The Labute approximate surface area is 81.0 Å². The minimum atomic E-state index is -1.83. The number of carboxylic acids is 1. The molecule has 1 aromatic rings. The zero-order chi connectivity index (χ0) is 10.8. The number of aliphatic hydroxyl groups excluding tert-OH is 1. The molecule has 0 saturated carbocycles. The molecular weight excluding hydrogens is 184 g/mol. The third-order valence-electron chi connectivity index (χ3n) is 2.07. The average Bonchev–Trinajstić information content (AvgIpc) is 2.17. The lowest BCUT2D eigenvalue weighted by Crippen LogP contribution is -2.48. The second-order valence-corrected chi connectivity index (χ2v) is 3.02. The van der Waals surface area contributed by atoms with E-state index in [2.05, 4.69) is 0 Å². The average molecular weight is 196 g/mol. The van der Waals surface area contributed by atoms with Gasteiger partial charge in [0.15, 0.2) is 5.54 Å². The van der Waals surface area contributed by atoms with Crippen LogP contribution in [0.3, 0.4) is 0 Å². The van der Waals surface area contributed by atoms with E-state index in [0.29, 0.717) is 0 Å². The number of carboxylic acid groups (broad SMARTS) is 1. The maximum Gasteiger partial charge on any atom is 0.330 e. The standard InChI is InChI=1S/C9H12N2O3/c10-7-4-2-1-3-6(7)9(11,5-12)8(13)14/h1-4,12H,5,10-11H2,(H,13,14). The summed E-state index contributed by atoms with van der Waals surface area (Å²) < 4.78 is 0. The molecule has 5 nitrogen and oxygen atoms in total. The largest absolute Gasteiger partial charge is 0.480 e. The highest BCUT2D eigenvalue weighted by molar-refractivity contribution is 5.83. The molecule has 76 valence electrons. The van der Waals surface area contributed by atoms with Gasteiger partial charge in [-0.2, -0.15) is 0 Å². The summed E-state index contributed by atoms with van der Waals surface area (Å²) in [5.74, 6) is -1.31. The Bertz CT molecular complexity index is 354. The SMILES string of the molecule is Nc1ccccc1C(N)(CO)C(=O)O. The summed E-state index contributed by atoms with van der Waals surface area (Å²) in [7, 11) is 0. The van der Waals surface area contributed by atoms with Crippen molar-refractivity contribution in [3.05, 3.63) is 29.8 Å². The van der Waals surface area contributed by atoms with Gasteiger partial charge in [0.2, 0.25) is 0 Å². The van der Waals surface area contributed by atoms with Crippen molar-refractivity contribution in [2.45, 2.75) is 5.54 Å². The van der Waals surface area contributed by atoms with E-state index in [1.807, 2.05) is 0 Å². The molecule has 6 N–H and O–H groups in total. The molecule has 1 aromatic carbocycles. The maximum absolute atomic E-state index is 10.9. The first-order valence-electron chi connectivity index (χ1n) is 4.00. The number of para-hydroxylation sites is 1. The first-order valence-corrected chi connectivity index (χ1v) is 4.00. The number of nitrogen functional groups attached to an aromatic ring is 1. The van der Waals surface area contributed by atoms with E-state index in [0.717, 1.165) is 0 Å². The maximum atomic E-state index is 10.9. The molecule has 0 aliphatic rings. The molecule has 0 radical (unpaired) electrons. The number of nitrogens with two attached hydrogens (primary N) is 2. The summed E-state index contributed by atoms with van der Waals surface area (Å²) in [6.07, 6.45) is 0. The van der Waals surface area contributed by atoms with Gasteiger partial charge in [0.25, 0.3) is 0 Å². The lowest BCUT2D eigenvalue weighted by molar-refractivity contribution is -0.145. The number of hydrogen-bond acceptors (Lipinski definition) is 4. The van der Waals surface area contributed by atoms with E-state index in [4.69, 9.17) is 21.7 Å². The van der Waals surface area contributed by atoms with Gasteiger partial charge in [-0.05, 0) is 6.07 Å². The van der Waals surface area contributed by atoms with Crippen molar-refractivity contribution >= 4 is 11.7 Å².